The number of nitrogens with one attached hydrogen (secondary N) is 3. The maximum absolute atomic E-state index is 12.7. The molecule has 0 saturated carbocycles. The van der Waals surface area contributed by atoms with Crippen LogP contribution in [0.2, 0.25) is 5.02 Å². The van der Waals surface area contributed by atoms with Gasteiger partial charge in [-0.1, -0.05) is 11.6 Å². The first kappa shape index (κ1) is 20.7. The molecule has 0 spiro atoms. The molecular weight excluding hydrogens is 414 g/mol. The van der Waals surface area contributed by atoms with E-state index in [-0.39, 0.29) is 16.8 Å². The van der Waals surface area contributed by atoms with Crippen molar-refractivity contribution in [2.24, 2.45) is 4.99 Å². The van der Waals surface area contributed by atoms with E-state index in [2.05, 4.69) is 35.0 Å². The van der Waals surface area contributed by atoms with Crippen LogP contribution in [0.25, 0.3) is 0 Å². The highest BCUT2D eigenvalue weighted by molar-refractivity contribution is 7.90. The molecule has 152 valence electrons. The molecule has 3 N–H and O–H groups in total. The number of aromatic amines is 1. The first-order chi connectivity index (χ1) is 13.8. The minimum atomic E-state index is -3.88. The summed E-state index contributed by atoms with van der Waals surface area (Å²) in [5, 5.41) is 3.31. The number of H-pyrrole nitrogens is 1. The Balaban J connectivity index is 1.83. The lowest BCUT2D eigenvalue weighted by Crippen LogP contribution is -2.36. The van der Waals surface area contributed by atoms with Gasteiger partial charge in [0.2, 0.25) is 11.9 Å². The third kappa shape index (κ3) is 6.00. The van der Waals surface area contributed by atoms with Crippen molar-refractivity contribution in [3.05, 3.63) is 65.0 Å². The number of anilines is 1. The fourth-order valence-corrected chi connectivity index (χ4v) is 3.60. The number of rotatable bonds is 6. The zero-order valence-corrected chi connectivity index (χ0v) is 17.4. The van der Waals surface area contributed by atoms with Gasteiger partial charge in [-0.25, -0.2) is 28.1 Å². The third-order valence-corrected chi connectivity index (χ3v) is 5.38. The van der Waals surface area contributed by atoms with Gasteiger partial charge in [-0.15, -0.1) is 0 Å². The second-order valence-electron chi connectivity index (χ2n) is 6.22. The van der Waals surface area contributed by atoms with Crippen molar-refractivity contribution < 1.29 is 8.42 Å². The third-order valence-electron chi connectivity index (χ3n) is 3.77. The number of halogens is 1. The molecular formula is C18H20ClN7O2S. The Morgan fingerprint density at radius 2 is 1.86 bits per heavy atom. The van der Waals surface area contributed by atoms with Gasteiger partial charge in [0, 0.05) is 41.3 Å². The maximum Gasteiger partial charge on any atom is 0.264 e. The van der Waals surface area contributed by atoms with Crippen LogP contribution in [-0.2, 0) is 16.4 Å². The number of guanidine groups is 1. The predicted molar refractivity (Wildman–Crippen MR) is 111 cm³/mol. The first-order valence-electron chi connectivity index (χ1n) is 8.71. The van der Waals surface area contributed by atoms with E-state index in [1.165, 1.54) is 24.3 Å². The molecule has 0 atom stereocenters. The second-order valence-corrected chi connectivity index (χ2v) is 8.33. The summed E-state index contributed by atoms with van der Waals surface area (Å²) in [4.78, 5) is 19.9. The van der Waals surface area contributed by atoms with Crippen LogP contribution in [0.4, 0.5) is 5.95 Å². The van der Waals surface area contributed by atoms with Gasteiger partial charge in [0.25, 0.3) is 10.0 Å². The lowest BCUT2D eigenvalue weighted by Gasteiger charge is -2.13. The SMILES string of the molecule is Cc1cc(C)nc(NC(=NCCc2cnc[nH]2)NS(=O)(=O)c2ccc(Cl)cc2)n1. The molecule has 29 heavy (non-hydrogen) atoms. The number of nitrogens with zero attached hydrogens (tertiary/aromatic N) is 4. The lowest BCUT2D eigenvalue weighted by atomic mass is 10.3. The highest BCUT2D eigenvalue weighted by Crippen LogP contribution is 2.14. The molecule has 0 unspecified atom stereocenters. The monoisotopic (exact) mass is 433 g/mol. The summed E-state index contributed by atoms with van der Waals surface area (Å²) in [5.41, 5.74) is 2.38. The van der Waals surface area contributed by atoms with E-state index in [0.29, 0.717) is 18.0 Å². The standard InChI is InChI=1S/C18H20ClN7O2S/c1-12-9-13(2)24-18(23-12)25-17(21-8-7-15-10-20-11-22-15)26-29(27,28)16-5-3-14(19)4-6-16/h3-6,9-11H,7-8H2,1-2H3,(H,20,22)(H2,21,23,24,25,26). The van der Waals surface area contributed by atoms with E-state index >= 15 is 0 Å². The Bertz CT molecular complexity index is 1080. The van der Waals surface area contributed by atoms with Crippen molar-refractivity contribution in [3.8, 4) is 0 Å². The normalized spacial score (nSPS) is 12.0. The molecule has 0 aliphatic carbocycles. The molecule has 2 heterocycles. The molecule has 1 aromatic carbocycles. The van der Waals surface area contributed by atoms with Gasteiger partial charge in [0.1, 0.15) is 0 Å². The number of aromatic nitrogens is 4. The molecule has 3 aromatic rings. The number of imidazole rings is 1. The van der Waals surface area contributed by atoms with E-state index in [1.807, 2.05) is 19.9 Å². The Labute approximate surface area is 173 Å². The van der Waals surface area contributed by atoms with E-state index in [9.17, 15) is 8.42 Å². The van der Waals surface area contributed by atoms with Crippen molar-refractivity contribution in [1.29, 1.82) is 0 Å². The first-order valence-corrected chi connectivity index (χ1v) is 10.6. The Morgan fingerprint density at radius 3 is 2.48 bits per heavy atom. The molecule has 9 nitrogen and oxygen atoms in total. The molecule has 0 radical (unpaired) electrons. The summed E-state index contributed by atoms with van der Waals surface area (Å²) in [7, 11) is -3.88. The van der Waals surface area contributed by atoms with Crippen LogP contribution in [0.1, 0.15) is 17.1 Å². The van der Waals surface area contributed by atoms with Crippen LogP contribution >= 0.6 is 11.6 Å². The Morgan fingerprint density at radius 1 is 1.17 bits per heavy atom. The zero-order chi connectivity index (χ0) is 20.9. The summed E-state index contributed by atoms with van der Waals surface area (Å²) in [6.45, 7) is 3.97. The molecule has 11 heteroatoms. The summed E-state index contributed by atoms with van der Waals surface area (Å²) >= 11 is 5.85. The largest absolute Gasteiger partial charge is 0.348 e. The number of hydrogen-bond donors (Lipinski definition) is 3. The van der Waals surface area contributed by atoms with Crippen molar-refractivity contribution in [3.63, 3.8) is 0 Å². The van der Waals surface area contributed by atoms with Crippen LogP contribution in [0, 0.1) is 13.8 Å². The highest BCUT2D eigenvalue weighted by atomic mass is 35.5. The van der Waals surface area contributed by atoms with Crippen molar-refractivity contribution in [2.75, 3.05) is 11.9 Å². The van der Waals surface area contributed by atoms with Gasteiger partial charge in [-0.2, -0.15) is 0 Å². The van der Waals surface area contributed by atoms with Gasteiger partial charge in [0.05, 0.1) is 11.2 Å². The molecule has 0 saturated heterocycles. The average Bonchev–Trinajstić information content (AvgIpc) is 3.14. The van der Waals surface area contributed by atoms with Crippen molar-refractivity contribution in [2.45, 2.75) is 25.2 Å². The number of aliphatic imine (C=N–C) groups is 1. The fourth-order valence-electron chi connectivity index (χ4n) is 2.49. The molecule has 0 amide bonds. The van der Waals surface area contributed by atoms with Gasteiger partial charge in [-0.3, -0.25) is 10.3 Å². The Hall–Kier alpha value is -2.98. The van der Waals surface area contributed by atoms with Crippen LogP contribution in [0.3, 0.4) is 0 Å². The summed E-state index contributed by atoms with van der Waals surface area (Å²) in [6, 6.07) is 7.66. The van der Waals surface area contributed by atoms with Crippen LogP contribution in [-0.4, -0.2) is 40.9 Å². The smallest absolute Gasteiger partial charge is 0.264 e. The zero-order valence-electron chi connectivity index (χ0n) is 15.8. The molecule has 0 fully saturated rings. The summed E-state index contributed by atoms with van der Waals surface area (Å²) in [5.74, 6) is 0.270. The van der Waals surface area contributed by atoms with Crippen LogP contribution in [0.5, 0.6) is 0 Å². The number of hydrogen-bond acceptors (Lipinski definition) is 6. The van der Waals surface area contributed by atoms with E-state index < -0.39 is 10.0 Å². The van der Waals surface area contributed by atoms with E-state index in [1.54, 1.807) is 12.5 Å². The summed E-state index contributed by atoms with van der Waals surface area (Å²) in [6.07, 6.45) is 3.82. The van der Waals surface area contributed by atoms with Gasteiger partial charge in [-0.05, 0) is 44.2 Å². The molecule has 0 aliphatic rings. The van der Waals surface area contributed by atoms with E-state index in [0.717, 1.165) is 17.1 Å². The number of aryl methyl sites for hydroxylation is 2. The van der Waals surface area contributed by atoms with Crippen molar-refractivity contribution in [1.82, 2.24) is 24.7 Å². The Kier molecular flexibility index (Phi) is 6.45. The molecule has 2 aromatic heterocycles. The molecule has 3 rings (SSSR count). The minimum absolute atomic E-state index is 0.0180. The average molecular weight is 434 g/mol. The van der Waals surface area contributed by atoms with Gasteiger partial charge < -0.3 is 4.98 Å². The maximum atomic E-state index is 12.7. The van der Waals surface area contributed by atoms with Gasteiger partial charge >= 0.3 is 0 Å². The minimum Gasteiger partial charge on any atom is -0.348 e. The van der Waals surface area contributed by atoms with Crippen LogP contribution in [0.15, 0.2) is 52.7 Å². The lowest BCUT2D eigenvalue weighted by molar-refractivity contribution is 0.592. The molecule has 0 aliphatic heterocycles. The highest BCUT2D eigenvalue weighted by Gasteiger charge is 2.17. The van der Waals surface area contributed by atoms with Crippen molar-refractivity contribution >= 4 is 33.5 Å². The van der Waals surface area contributed by atoms with Gasteiger partial charge in [0.15, 0.2) is 0 Å². The number of sulfonamides is 1. The fraction of sp³-hybridized carbons (Fsp3) is 0.222. The quantitative estimate of drug-likeness (QED) is 0.405. The summed E-state index contributed by atoms with van der Waals surface area (Å²) < 4.78 is 27.9. The topological polar surface area (TPSA) is 125 Å². The predicted octanol–water partition coefficient (Wildman–Crippen LogP) is 2.46. The van der Waals surface area contributed by atoms with Crippen LogP contribution < -0.4 is 10.0 Å². The van der Waals surface area contributed by atoms with E-state index in [4.69, 9.17) is 11.6 Å². The number of benzene rings is 1. The second kappa shape index (κ2) is 9.01. The molecule has 0 bridgehead atoms.